The Balaban J connectivity index is 2.73. The molecule has 20 heavy (non-hydrogen) atoms. The van der Waals surface area contributed by atoms with E-state index in [1.165, 1.54) is 18.2 Å². The van der Waals surface area contributed by atoms with Crippen LogP contribution < -0.4 is 10.9 Å². The Labute approximate surface area is 127 Å². The average molecular weight is 339 g/mol. The first-order valence-corrected chi connectivity index (χ1v) is 6.02. The second kappa shape index (κ2) is 7.09. The van der Waals surface area contributed by atoms with Crippen molar-refractivity contribution in [3.8, 4) is 0 Å². The summed E-state index contributed by atoms with van der Waals surface area (Å²) in [4.78, 5) is 32.9. The van der Waals surface area contributed by atoms with Crippen molar-refractivity contribution in [3.05, 3.63) is 49.5 Å². The van der Waals surface area contributed by atoms with Crippen molar-refractivity contribution in [1.82, 2.24) is 10.9 Å². The van der Waals surface area contributed by atoms with E-state index >= 15 is 0 Å². The standard InChI is InChI=1S/C10H6Cl3N3O4/c11-7(8(12)13)10(18)15-14-9(17)5-2-1-3-6(4-5)16(19)20/h1-4H,(H,14,17)(H,15,18). The zero-order valence-corrected chi connectivity index (χ0v) is 11.8. The summed E-state index contributed by atoms with van der Waals surface area (Å²) in [7, 11) is 0. The summed E-state index contributed by atoms with van der Waals surface area (Å²) >= 11 is 16.0. The Morgan fingerprint density at radius 1 is 1.15 bits per heavy atom. The molecule has 0 bridgehead atoms. The fraction of sp³-hybridized carbons (Fsp3) is 0. The van der Waals surface area contributed by atoms with Gasteiger partial charge in [-0.3, -0.25) is 30.6 Å². The molecule has 0 saturated carbocycles. The van der Waals surface area contributed by atoms with Gasteiger partial charge < -0.3 is 0 Å². The van der Waals surface area contributed by atoms with E-state index in [9.17, 15) is 19.7 Å². The van der Waals surface area contributed by atoms with Crippen molar-refractivity contribution in [1.29, 1.82) is 0 Å². The van der Waals surface area contributed by atoms with Crippen LogP contribution in [-0.4, -0.2) is 16.7 Å². The summed E-state index contributed by atoms with van der Waals surface area (Å²) in [5.74, 6) is -1.69. The van der Waals surface area contributed by atoms with Crippen molar-refractivity contribution >= 4 is 52.3 Å². The van der Waals surface area contributed by atoms with Crippen LogP contribution in [0.3, 0.4) is 0 Å². The molecule has 1 aromatic rings. The maximum absolute atomic E-state index is 11.6. The monoisotopic (exact) mass is 337 g/mol. The quantitative estimate of drug-likeness (QED) is 0.501. The van der Waals surface area contributed by atoms with E-state index in [1.54, 1.807) is 0 Å². The van der Waals surface area contributed by atoms with Crippen LogP contribution in [0, 0.1) is 10.1 Å². The number of hydrogen-bond donors (Lipinski definition) is 2. The molecule has 1 rings (SSSR count). The van der Waals surface area contributed by atoms with Crippen LogP contribution in [0.5, 0.6) is 0 Å². The normalized spacial score (nSPS) is 9.55. The van der Waals surface area contributed by atoms with E-state index in [4.69, 9.17) is 34.8 Å². The third-order valence-electron chi connectivity index (χ3n) is 1.97. The summed E-state index contributed by atoms with van der Waals surface area (Å²) < 4.78 is -0.464. The molecule has 0 fully saturated rings. The van der Waals surface area contributed by atoms with Gasteiger partial charge in [0.1, 0.15) is 9.52 Å². The molecule has 106 valence electrons. The lowest BCUT2D eigenvalue weighted by molar-refractivity contribution is -0.384. The summed E-state index contributed by atoms with van der Waals surface area (Å²) in [6.07, 6.45) is 0. The number of nitrogens with zero attached hydrogens (tertiary/aromatic N) is 1. The molecule has 10 heteroatoms. The number of benzene rings is 1. The SMILES string of the molecule is O=C(NNC(=O)c1cccc([N+](=O)[O-])c1)C(Cl)=C(Cl)Cl. The van der Waals surface area contributed by atoms with E-state index < -0.39 is 26.3 Å². The number of rotatable bonds is 3. The van der Waals surface area contributed by atoms with Crippen molar-refractivity contribution in [3.63, 3.8) is 0 Å². The number of hydrogen-bond acceptors (Lipinski definition) is 4. The molecule has 0 unspecified atom stereocenters. The van der Waals surface area contributed by atoms with Crippen LogP contribution in [0.25, 0.3) is 0 Å². The van der Waals surface area contributed by atoms with Gasteiger partial charge in [-0.25, -0.2) is 0 Å². The first-order chi connectivity index (χ1) is 9.32. The molecular weight excluding hydrogens is 332 g/mol. The topological polar surface area (TPSA) is 101 Å². The minimum Gasteiger partial charge on any atom is -0.267 e. The van der Waals surface area contributed by atoms with Crippen LogP contribution in [0.1, 0.15) is 10.4 Å². The molecule has 0 aromatic heterocycles. The van der Waals surface area contributed by atoms with Gasteiger partial charge in [0.25, 0.3) is 17.5 Å². The highest BCUT2D eigenvalue weighted by Gasteiger charge is 2.14. The van der Waals surface area contributed by atoms with Gasteiger partial charge in [0.15, 0.2) is 0 Å². The van der Waals surface area contributed by atoms with Crippen molar-refractivity contribution in [2.45, 2.75) is 0 Å². The molecule has 1 aromatic carbocycles. The average Bonchev–Trinajstić information content (AvgIpc) is 2.43. The van der Waals surface area contributed by atoms with E-state index in [0.717, 1.165) is 6.07 Å². The number of carbonyl (C=O) groups is 2. The maximum atomic E-state index is 11.6. The van der Waals surface area contributed by atoms with Crippen molar-refractivity contribution in [2.75, 3.05) is 0 Å². The molecule has 2 N–H and O–H groups in total. The predicted molar refractivity (Wildman–Crippen MR) is 73.3 cm³/mol. The number of hydrazine groups is 1. The zero-order chi connectivity index (χ0) is 15.3. The van der Waals surface area contributed by atoms with Crippen LogP contribution in [-0.2, 0) is 4.79 Å². The molecule has 0 aliphatic rings. The molecular formula is C10H6Cl3N3O4. The minimum absolute atomic E-state index is 0.0171. The van der Waals surface area contributed by atoms with E-state index in [0.29, 0.717) is 0 Å². The van der Waals surface area contributed by atoms with Gasteiger partial charge in [-0.15, -0.1) is 0 Å². The molecule has 7 nitrogen and oxygen atoms in total. The fourth-order valence-corrected chi connectivity index (χ4v) is 1.31. The van der Waals surface area contributed by atoms with Crippen LogP contribution in [0.4, 0.5) is 5.69 Å². The van der Waals surface area contributed by atoms with Crippen LogP contribution >= 0.6 is 34.8 Å². The number of nitro groups is 1. The van der Waals surface area contributed by atoms with Crippen LogP contribution in [0.15, 0.2) is 33.8 Å². The lowest BCUT2D eigenvalue weighted by atomic mass is 10.2. The van der Waals surface area contributed by atoms with Crippen molar-refractivity contribution < 1.29 is 14.5 Å². The van der Waals surface area contributed by atoms with Crippen molar-refractivity contribution in [2.24, 2.45) is 0 Å². The number of carbonyl (C=O) groups excluding carboxylic acids is 2. The predicted octanol–water partition coefficient (Wildman–Crippen LogP) is 2.24. The van der Waals surface area contributed by atoms with E-state index in [2.05, 4.69) is 0 Å². The Morgan fingerprint density at radius 3 is 2.35 bits per heavy atom. The Kier molecular flexibility index (Phi) is 5.75. The minimum atomic E-state index is -0.926. The molecule has 0 atom stereocenters. The lowest BCUT2D eigenvalue weighted by Gasteiger charge is -2.06. The van der Waals surface area contributed by atoms with Gasteiger partial charge in [-0.05, 0) is 6.07 Å². The summed E-state index contributed by atoms with van der Waals surface area (Å²) in [5, 5.41) is 10.1. The smallest absolute Gasteiger partial charge is 0.267 e. The van der Waals surface area contributed by atoms with Gasteiger partial charge in [0, 0.05) is 17.7 Å². The number of nitrogens with one attached hydrogen (secondary N) is 2. The molecule has 0 spiro atoms. The highest BCUT2D eigenvalue weighted by Crippen LogP contribution is 2.17. The van der Waals surface area contributed by atoms with Gasteiger partial charge >= 0.3 is 0 Å². The molecule has 0 aliphatic carbocycles. The highest BCUT2D eigenvalue weighted by atomic mass is 35.5. The van der Waals surface area contributed by atoms with E-state index in [-0.39, 0.29) is 11.3 Å². The van der Waals surface area contributed by atoms with Crippen LogP contribution in [0.2, 0.25) is 0 Å². The number of nitro benzene ring substituents is 1. The maximum Gasteiger partial charge on any atom is 0.283 e. The summed E-state index contributed by atoms with van der Waals surface area (Å²) in [6.45, 7) is 0. The Morgan fingerprint density at radius 2 is 1.80 bits per heavy atom. The summed E-state index contributed by atoms with van der Waals surface area (Å²) in [6, 6.07) is 4.94. The second-order valence-corrected chi connectivity index (χ2v) is 4.62. The summed E-state index contributed by atoms with van der Waals surface area (Å²) in [5.41, 5.74) is 3.67. The molecule has 0 aliphatic heterocycles. The third-order valence-corrected chi connectivity index (χ3v) is 2.91. The molecule has 0 saturated heterocycles. The van der Waals surface area contributed by atoms with Gasteiger partial charge in [-0.1, -0.05) is 40.9 Å². The number of amides is 2. The van der Waals surface area contributed by atoms with Gasteiger partial charge in [0.2, 0.25) is 0 Å². The highest BCUT2D eigenvalue weighted by molar-refractivity contribution is 6.62. The van der Waals surface area contributed by atoms with E-state index in [1.807, 2.05) is 10.9 Å². The fourth-order valence-electron chi connectivity index (χ4n) is 1.09. The Bertz CT molecular complexity index is 599. The largest absolute Gasteiger partial charge is 0.283 e. The molecule has 2 amide bonds. The van der Waals surface area contributed by atoms with Gasteiger partial charge in [-0.2, -0.15) is 0 Å². The first kappa shape index (κ1) is 16.2. The second-order valence-electron chi connectivity index (χ2n) is 3.29. The molecule has 0 radical (unpaired) electrons. The van der Waals surface area contributed by atoms with Gasteiger partial charge in [0.05, 0.1) is 4.92 Å². The third kappa shape index (κ3) is 4.37. The first-order valence-electron chi connectivity index (χ1n) is 4.89. The lowest BCUT2D eigenvalue weighted by Crippen LogP contribution is -2.41. The number of non-ortho nitro benzene ring substituents is 1. The molecule has 0 heterocycles. The number of halogens is 3. The zero-order valence-electron chi connectivity index (χ0n) is 9.52. The Hall–Kier alpha value is -1.83.